The number of nitrogens with zero attached hydrogens (tertiary/aromatic N) is 1. The normalized spacial score (nSPS) is 31.7. The standard InChI is InChI=1S/C18H31NO2/c1-19(2)18(11-4-3-5-12-18)16(20)15-8-13-21-17(14-15)9-6-7-10-17/h15H,3-14H2,1-2H3. The van der Waals surface area contributed by atoms with Crippen molar-refractivity contribution >= 4 is 5.78 Å². The molecule has 0 aromatic rings. The molecular formula is C18H31NO2. The molecule has 1 saturated heterocycles. The van der Waals surface area contributed by atoms with Gasteiger partial charge in [0, 0.05) is 12.5 Å². The van der Waals surface area contributed by atoms with Crippen molar-refractivity contribution in [1.29, 1.82) is 0 Å². The zero-order chi connectivity index (χ0) is 14.9. The fourth-order valence-electron chi connectivity index (χ4n) is 5.05. The van der Waals surface area contributed by atoms with Gasteiger partial charge in [-0.15, -0.1) is 0 Å². The van der Waals surface area contributed by atoms with Crippen molar-refractivity contribution < 1.29 is 9.53 Å². The summed E-state index contributed by atoms with van der Waals surface area (Å²) in [5.74, 6) is 0.763. The third-order valence-corrected chi connectivity index (χ3v) is 6.37. The van der Waals surface area contributed by atoms with E-state index in [1.807, 2.05) is 0 Å². The van der Waals surface area contributed by atoms with E-state index in [1.165, 1.54) is 44.9 Å². The third-order valence-electron chi connectivity index (χ3n) is 6.37. The van der Waals surface area contributed by atoms with Gasteiger partial charge in [0.25, 0.3) is 0 Å². The van der Waals surface area contributed by atoms with Crippen LogP contribution in [0.15, 0.2) is 0 Å². The van der Waals surface area contributed by atoms with Crippen molar-refractivity contribution in [3.8, 4) is 0 Å². The van der Waals surface area contributed by atoms with Crippen molar-refractivity contribution in [3.63, 3.8) is 0 Å². The van der Waals surface area contributed by atoms with Gasteiger partial charge in [-0.1, -0.05) is 32.1 Å². The molecule has 0 radical (unpaired) electrons. The fourth-order valence-corrected chi connectivity index (χ4v) is 5.05. The first-order valence-corrected chi connectivity index (χ1v) is 8.94. The van der Waals surface area contributed by atoms with Gasteiger partial charge >= 0.3 is 0 Å². The first-order chi connectivity index (χ1) is 10.1. The van der Waals surface area contributed by atoms with E-state index < -0.39 is 0 Å². The fraction of sp³-hybridized carbons (Fsp3) is 0.944. The molecule has 3 heteroatoms. The molecule has 3 fully saturated rings. The predicted molar refractivity (Wildman–Crippen MR) is 84.4 cm³/mol. The smallest absolute Gasteiger partial charge is 0.156 e. The van der Waals surface area contributed by atoms with Gasteiger partial charge in [-0.25, -0.2) is 0 Å². The van der Waals surface area contributed by atoms with Crippen LogP contribution in [0.3, 0.4) is 0 Å². The predicted octanol–water partition coefficient (Wildman–Crippen LogP) is 3.56. The molecule has 1 heterocycles. The van der Waals surface area contributed by atoms with Crippen molar-refractivity contribution in [1.82, 2.24) is 4.90 Å². The van der Waals surface area contributed by atoms with Crippen LogP contribution >= 0.6 is 0 Å². The van der Waals surface area contributed by atoms with E-state index in [0.717, 1.165) is 32.3 Å². The van der Waals surface area contributed by atoms with Gasteiger partial charge in [0.2, 0.25) is 0 Å². The minimum absolute atomic E-state index is 0.0563. The molecule has 0 bridgehead atoms. The van der Waals surface area contributed by atoms with Gasteiger partial charge in [-0.05, 0) is 52.6 Å². The maximum atomic E-state index is 13.4. The largest absolute Gasteiger partial charge is 0.375 e. The molecule has 0 aromatic carbocycles. The molecule has 0 aromatic heterocycles. The molecule has 3 rings (SSSR count). The lowest BCUT2D eigenvalue weighted by atomic mass is 9.70. The Morgan fingerprint density at radius 3 is 2.24 bits per heavy atom. The highest BCUT2D eigenvalue weighted by molar-refractivity contribution is 5.90. The second-order valence-corrected chi connectivity index (χ2v) is 7.78. The Kier molecular flexibility index (Phi) is 4.42. The number of hydrogen-bond acceptors (Lipinski definition) is 3. The van der Waals surface area contributed by atoms with Gasteiger partial charge < -0.3 is 4.74 Å². The maximum Gasteiger partial charge on any atom is 0.156 e. The van der Waals surface area contributed by atoms with Crippen molar-refractivity contribution in [2.24, 2.45) is 5.92 Å². The van der Waals surface area contributed by atoms with E-state index in [0.29, 0.717) is 5.78 Å². The highest BCUT2D eigenvalue weighted by Gasteiger charge is 2.48. The summed E-state index contributed by atoms with van der Waals surface area (Å²) in [6.07, 6.45) is 12.7. The molecule has 0 N–H and O–H groups in total. The van der Waals surface area contributed by atoms with Crippen LogP contribution in [-0.2, 0) is 9.53 Å². The number of ketones is 1. The summed E-state index contributed by atoms with van der Waals surface area (Å²) in [5, 5.41) is 0. The second kappa shape index (κ2) is 6.00. The minimum Gasteiger partial charge on any atom is -0.375 e. The molecule has 0 amide bonds. The molecule has 3 aliphatic rings. The van der Waals surface area contributed by atoms with Crippen LogP contribution in [0.1, 0.15) is 70.6 Å². The number of rotatable bonds is 3. The lowest BCUT2D eigenvalue weighted by Gasteiger charge is -2.46. The van der Waals surface area contributed by atoms with E-state index in [-0.39, 0.29) is 17.1 Å². The van der Waals surface area contributed by atoms with Crippen LogP contribution in [-0.4, -0.2) is 42.5 Å². The number of Topliss-reactive ketones (excluding diaryl/α,β-unsaturated/α-hetero) is 1. The highest BCUT2D eigenvalue weighted by Crippen LogP contribution is 2.45. The van der Waals surface area contributed by atoms with E-state index in [2.05, 4.69) is 19.0 Å². The van der Waals surface area contributed by atoms with E-state index >= 15 is 0 Å². The van der Waals surface area contributed by atoms with Crippen LogP contribution in [0.4, 0.5) is 0 Å². The van der Waals surface area contributed by atoms with Gasteiger partial charge in [0.15, 0.2) is 5.78 Å². The average molecular weight is 293 g/mol. The molecule has 1 atom stereocenters. The summed E-state index contributed by atoms with van der Waals surface area (Å²) in [4.78, 5) is 15.6. The van der Waals surface area contributed by atoms with Crippen LogP contribution in [0.5, 0.6) is 0 Å². The number of carbonyl (C=O) groups is 1. The first kappa shape index (κ1) is 15.5. The molecule has 1 unspecified atom stereocenters. The Morgan fingerprint density at radius 2 is 1.62 bits per heavy atom. The van der Waals surface area contributed by atoms with Gasteiger partial charge in [-0.2, -0.15) is 0 Å². The summed E-state index contributed by atoms with van der Waals surface area (Å²) in [6.45, 7) is 0.792. The minimum atomic E-state index is -0.181. The average Bonchev–Trinajstić information content (AvgIpc) is 2.95. The number of likely N-dealkylation sites (N-methyl/N-ethyl adjacent to an activating group) is 1. The molecule has 1 spiro atoms. The monoisotopic (exact) mass is 293 g/mol. The van der Waals surface area contributed by atoms with E-state index in [4.69, 9.17) is 4.74 Å². The number of carbonyl (C=O) groups excluding carboxylic acids is 1. The molecular weight excluding hydrogens is 262 g/mol. The van der Waals surface area contributed by atoms with Gasteiger partial charge in [-0.3, -0.25) is 9.69 Å². The van der Waals surface area contributed by atoms with Crippen molar-refractivity contribution in [3.05, 3.63) is 0 Å². The Morgan fingerprint density at radius 1 is 1.00 bits per heavy atom. The van der Waals surface area contributed by atoms with Crippen molar-refractivity contribution in [2.45, 2.75) is 81.8 Å². The Bertz CT molecular complexity index is 379. The summed E-state index contributed by atoms with van der Waals surface area (Å²) in [6, 6.07) is 0. The summed E-state index contributed by atoms with van der Waals surface area (Å²) in [7, 11) is 4.21. The van der Waals surface area contributed by atoms with E-state index in [9.17, 15) is 4.79 Å². The topological polar surface area (TPSA) is 29.5 Å². The Balaban J connectivity index is 1.76. The lowest BCUT2D eigenvalue weighted by Crippen LogP contribution is -2.56. The van der Waals surface area contributed by atoms with Crippen molar-refractivity contribution in [2.75, 3.05) is 20.7 Å². The van der Waals surface area contributed by atoms with Crippen LogP contribution < -0.4 is 0 Å². The lowest BCUT2D eigenvalue weighted by molar-refractivity contribution is -0.148. The number of hydrogen-bond donors (Lipinski definition) is 0. The van der Waals surface area contributed by atoms with Crippen LogP contribution in [0.2, 0.25) is 0 Å². The molecule has 120 valence electrons. The summed E-state index contributed by atoms with van der Waals surface area (Å²) < 4.78 is 6.12. The zero-order valence-electron chi connectivity index (χ0n) is 13.8. The van der Waals surface area contributed by atoms with E-state index in [1.54, 1.807) is 0 Å². The SMILES string of the molecule is CN(C)C1(C(=O)C2CCOC3(CCCC3)C2)CCCCC1. The number of ether oxygens (including phenoxy) is 1. The first-order valence-electron chi connectivity index (χ1n) is 8.94. The summed E-state index contributed by atoms with van der Waals surface area (Å²) >= 11 is 0. The highest BCUT2D eigenvalue weighted by atomic mass is 16.5. The maximum absolute atomic E-state index is 13.4. The third kappa shape index (κ3) is 2.79. The second-order valence-electron chi connectivity index (χ2n) is 7.78. The van der Waals surface area contributed by atoms with Crippen LogP contribution in [0, 0.1) is 5.92 Å². The summed E-state index contributed by atoms with van der Waals surface area (Å²) in [5.41, 5.74) is -0.124. The molecule has 21 heavy (non-hydrogen) atoms. The van der Waals surface area contributed by atoms with Gasteiger partial charge in [0.1, 0.15) is 0 Å². The molecule has 1 aliphatic heterocycles. The zero-order valence-corrected chi connectivity index (χ0v) is 13.8. The Labute approximate surface area is 129 Å². The van der Waals surface area contributed by atoms with Crippen LogP contribution in [0.25, 0.3) is 0 Å². The Hall–Kier alpha value is -0.410. The van der Waals surface area contributed by atoms with Gasteiger partial charge in [0.05, 0.1) is 11.1 Å². The molecule has 2 saturated carbocycles. The molecule has 2 aliphatic carbocycles. The molecule has 3 nitrogen and oxygen atoms in total. The quantitative estimate of drug-likeness (QED) is 0.797.